The van der Waals surface area contributed by atoms with Gasteiger partial charge in [0.15, 0.2) is 8.32 Å². The fourth-order valence-corrected chi connectivity index (χ4v) is 8.57. The number of rotatable bonds is 13. The second-order valence-electron chi connectivity index (χ2n) is 18.6. The topological polar surface area (TPSA) is 87.9 Å². The minimum atomic E-state index is -2.08. The number of carbonyl (C=O) groups is 2. The lowest BCUT2D eigenvalue weighted by Crippen LogP contribution is -2.54. The summed E-state index contributed by atoms with van der Waals surface area (Å²) < 4.78 is 17.5. The molecule has 0 fully saturated rings. The van der Waals surface area contributed by atoms with E-state index >= 15 is 0 Å². The predicted octanol–water partition coefficient (Wildman–Crippen LogP) is 11.1. The van der Waals surface area contributed by atoms with E-state index in [1.54, 1.807) is 32.9 Å². The highest BCUT2D eigenvalue weighted by atomic mass is 28.4. The van der Waals surface area contributed by atoms with Gasteiger partial charge < -0.3 is 19.6 Å². The van der Waals surface area contributed by atoms with E-state index in [2.05, 4.69) is 119 Å². The van der Waals surface area contributed by atoms with Crippen LogP contribution < -0.4 is 5.73 Å². The summed E-state index contributed by atoms with van der Waals surface area (Å²) in [5.74, 6) is -1.72. The van der Waals surface area contributed by atoms with Gasteiger partial charge in [0.2, 0.25) is 5.54 Å². The predicted molar refractivity (Wildman–Crippen MR) is 223 cm³/mol. The Morgan fingerprint density at radius 1 is 0.736 bits per heavy atom. The molecule has 0 heterocycles. The van der Waals surface area contributed by atoms with E-state index in [1.165, 1.54) is 29.4 Å². The molecule has 7 heteroatoms. The molecular weight excluding hydrogens is 675 g/mol. The van der Waals surface area contributed by atoms with Gasteiger partial charge in [-0.25, -0.2) is 9.59 Å². The zero-order valence-electron chi connectivity index (χ0n) is 35.8. The highest BCUT2D eigenvalue weighted by Crippen LogP contribution is 2.43. The summed E-state index contributed by atoms with van der Waals surface area (Å²) in [6.07, 6.45) is 4.13. The van der Waals surface area contributed by atoms with Gasteiger partial charge in [0.05, 0.1) is 13.2 Å². The van der Waals surface area contributed by atoms with E-state index in [-0.39, 0.29) is 22.0 Å². The molecule has 0 bridgehead atoms. The van der Waals surface area contributed by atoms with Gasteiger partial charge in [0, 0.05) is 5.41 Å². The van der Waals surface area contributed by atoms with Crippen molar-refractivity contribution in [2.45, 2.75) is 156 Å². The third-order valence-corrected chi connectivity index (χ3v) is 16.1. The summed E-state index contributed by atoms with van der Waals surface area (Å²) in [5.41, 5.74) is 12.3. The average molecular weight is 744 g/mol. The van der Waals surface area contributed by atoms with Crippen molar-refractivity contribution in [3.8, 4) is 11.1 Å². The van der Waals surface area contributed by atoms with Crippen molar-refractivity contribution < 1.29 is 23.5 Å². The molecule has 292 valence electrons. The van der Waals surface area contributed by atoms with Gasteiger partial charge >= 0.3 is 11.9 Å². The van der Waals surface area contributed by atoms with E-state index in [0.29, 0.717) is 5.56 Å². The molecule has 2 atom stereocenters. The Morgan fingerprint density at radius 3 is 1.68 bits per heavy atom. The zero-order chi connectivity index (χ0) is 40.4. The fraction of sp³-hybridized carbons (Fsp3) is 0.565. The molecular formula is C46H69NO5Si. The monoisotopic (exact) mass is 743 g/mol. The Labute approximate surface area is 322 Å². The van der Waals surface area contributed by atoms with Gasteiger partial charge in [0.1, 0.15) is 5.60 Å². The van der Waals surface area contributed by atoms with Crippen LogP contribution in [0.5, 0.6) is 0 Å². The molecule has 6 nitrogen and oxygen atoms in total. The minimum absolute atomic E-state index is 0.0626. The first kappa shape index (κ1) is 44.1. The highest BCUT2D eigenvalue weighted by molar-refractivity contribution is 6.74. The van der Waals surface area contributed by atoms with Crippen molar-refractivity contribution in [1.82, 2.24) is 0 Å². The third-order valence-electron chi connectivity index (χ3n) is 11.6. The molecule has 1 unspecified atom stereocenters. The Bertz CT molecular complexity index is 1740. The first-order chi connectivity index (χ1) is 24.3. The van der Waals surface area contributed by atoms with Crippen LogP contribution in [0.1, 0.15) is 129 Å². The van der Waals surface area contributed by atoms with Gasteiger partial charge in [0.25, 0.3) is 0 Å². The summed E-state index contributed by atoms with van der Waals surface area (Å²) in [7, 11) is -0.694. The van der Waals surface area contributed by atoms with Crippen molar-refractivity contribution in [3.63, 3.8) is 0 Å². The summed E-state index contributed by atoms with van der Waals surface area (Å²) >= 11 is 0. The third kappa shape index (κ3) is 9.70. The van der Waals surface area contributed by atoms with Crippen LogP contribution >= 0.6 is 0 Å². The lowest BCUT2D eigenvalue weighted by atomic mass is 9.69. The summed E-state index contributed by atoms with van der Waals surface area (Å²) in [6.45, 7) is 32.7. The van der Waals surface area contributed by atoms with Crippen LogP contribution in [0.15, 0.2) is 60.7 Å². The zero-order valence-corrected chi connectivity index (χ0v) is 36.8. The standard InChI is InChI=1S/C46H69NO5Si/c1-17-45(18-2,36-25-19-33(31(3)29-36)22-28-39(42(5,6)7)52-53(15,16)44(11,12)13)37-26-27-38(32(4)30-37)34-20-23-35(24-21-34)46(47,40(48)50-14)41(49)51-43(8,9)10/h19-21,23-27,29-30,39H,17-18,22,28,47H2,1-16H3/t39?,46-/m1/s1. The van der Waals surface area contributed by atoms with Crippen LogP contribution in [0, 0.1) is 19.3 Å². The maximum absolute atomic E-state index is 13.2. The molecule has 0 aliphatic rings. The first-order valence-electron chi connectivity index (χ1n) is 19.4. The van der Waals surface area contributed by atoms with Crippen molar-refractivity contribution >= 4 is 20.3 Å². The number of hydrogen-bond acceptors (Lipinski definition) is 6. The second kappa shape index (κ2) is 16.2. The number of esters is 2. The molecule has 2 N–H and O–H groups in total. The Hall–Kier alpha value is -3.26. The van der Waals surface area contributed by atoms with Crippen molar-refractivity contribution in [2.24, 2.45) is 11.1 Å². The maximum atomic E-state index is 13.2. The number of carbonyl (C=O) groups excluding carboxylic acids is 2. The van der Waals surface area contributed by atoms with Crippen LogP contribution in [-0.4, -0.2) is 39.1 Å². The normalized spacial score (nSPS) is 14.7. The van der Waals surface area contributed by atoms with Gasteiger partial charge in [-0.1, -0.05) is 116 Å². The lowest BCUT2D eigenvalue weighted by molar-refractivity contribution is -0.171. The minimum Gasteiger partial charge on any atom is -0.467 e. The quantitative estimate of drug-likeness (QED) is 0.107. The van der Waals surface area contributed by atoms with Crippen molar-refractivity contribution in [1.29, 1.82) is 0 Å². The van der Waals surface area contributed by atoms with Crippen LogP contribution in [0.3, 0.4) is 0 Å². The molecule has 0 radical (unpaired) electrons. The number of ether oxygens (including phenoxy) is 2. The van der Waals surface area contributed by atoms with Gasteiger partial charge in [-0.3, -0.25) is 0 Å². The molecule has 3 aromatic rings. The molecule has 3 aromatic carbocycles. The number of aryl methyl sites for hydroxylation is 3. The van der Waals surface area contributed by atoms with Crippen LogP contribution in [-0.2, 0) is 40.9 Å². The van der Waals surface area contributed by atoms with E-state index < -0.39 is 31.4 Å². The van der Waals surface area contributed by atoms with Gasteiger partial charge in [-0.15, -0.1) is 0 Å². The fourth-order valence-electron chi connectivity index (χ4n) is 7.03. The summed E-state index contributed by atoms with van der Waals surface area (Å²) in [6, 6.07) is 21.1. The Kier molecular flexibility index (Phi) is 13.5. The van der Waals surface area contributed by atoms with E-state index in [4.69, 9.17) is 19.6 Å². The van der Waals surface area contributed by atoms with Gasteiger partial charge in [-0.05, 0) is 128 Å². The number of benzene rings is 3. The molecule has 0 saturated heterocycles. The smallest absolute Gasteiger partial charge is 0.343 e. The Morgan fingerprint density at radius 2 is 1.25 bits per heavy atom. The average Bonchev–Trinajstić information content (AvgIpc) is 3.05. The molecule has 0 aliphatic carbocycles. The summed E-state index contributed by atoms with van der Waals surface area (Å²) in [4.78, 5) is 26.0. The molecule has 0 aliphatic heterocycles. The number of methoxy groups -OCH3 is 1. The van der Waals surface area contributed by atoms with E-state index in [0.717, 1.165) is 42.4 Å². The largest absolute Gasteiger partial charge is 0.467 e. The second-order valence-corrected chi connectivity index (χ2v) is 23.4. The first-order valence-corrected chi connectivity index (χ1v) is 22.3. The maximum Gasteiger partial charge on any atom is 0.343 e. The Balaban J connectivity index is 1.93. The van der Waals surface area contributed by atoms with Crippen LogP contribution in [0.2, 0.25) is 18.1 Å². The highest BCUT2D eigenvalue weighted by Gasteiger charge is 2.48. The SMILES string of the molecule is CCC(CC)(c1ccc(CCC(O[Si](C)(C)C(C)(C)C)C(C)(C)C)c(C)c1)c1ccc(-c2ccc([C@@](N)(C(=O)OC)C(=O)OC(C)(C)C)cc2)c(C)c1. The summed E-state index contributed by atoms with van der Waals surface area (Å²) in [5, 5.41) is 0.172. The molecule has 0 spiro atoms. The number of hydrogen-bond donors (Lipinski definition) is 1. The molecule has 0 amide bonds. The van der Waals surface area contributed by atoms with Crippen molar-refractivity contribution in [2.75, 3.05) is 7.11 Å². The van der Waals surface area contributed by atoms with Crippen LogP contribution in [0.4, 0.5) is 0 Å². The number of nitrogens with two attached hydrogens (primary N) is 1. The van der Waals surface area contributed by atoms with E-state index in [9.17, 15) is 9.59 Å². The van der Waals surface area contributed by atoms with Gasteiger partial charge in [-0.2, -0.15) is 0 Å². The molecule has 53 heavy (non-hydrogen) atoms. The molecule has 0 saturated carbocycles. The molecule has 3 rings (SSSR count). The van der Waals surface area contributed by atoms with Crippen molar-refractivity contribution in [3.05, 3.63) is 94.0 Å². The lowest BCUT2D eigenvalue weighted by Gasteiger charge is -2.43. The van der Waals surface area contributed by atoms with E-state index in [1.807, 2.05) is 12.1 Å². The molecule has 0 aromatic heterocycles. The van der Waals surface area contributed by atoms with Crippen LogP contribution in [0.25, 0.3) is 11.1 Å².